The van der Waals surface area contributed by atoms with Gasteiger partial charge in [-0.25, -0.2) is 10.4 Å². The number of thiazole rings is 1. The van der Waals surface area contributed by atoms with Crippen LogP contribution in [0.3, 0.4) is 0 Å². The van der Waals surface area contributed by atoms with Crippen LogP contribution in [0, 0.1) is 13.7 Å². The molecule has 0 fully saturated rings. The number of rotatable bonds is 12. The lowest BCUT2D eigenvalue weighted by atomic mass is 10.2. The lowest BCUT2D eigenvalue weighted by Crippen LogP contribution is -2.20. The summed E-state index contributed by atoms with van der Waals surface area (Å²) in [6.45, 7) is 2.27. The first-order valence-electron chi connectivity index (χ1n) is 12.5. The van der Waals surface area contributed by atoms with Crippen molar-refractivity contribution in [2.45, 2.75) is 26.1 Å². The normalized spacial score (nSPS) is 11.4. The molecule has 1 aromatic heterocycles. The number of carbonyl (C=O) groups is 1. The summed E-state index contributed by atoms with van der Waals surface area (Å²) in [5.41, 5.74) is 3.51. The van der Waals surface area contributed by atoms with Crippen LogP contribution in [0.15, 0.2) is 71.1 Å². The number of anilines is 2. The Bertz CT molecular complexity index is 1650. The monoisotopic (exact) mass is 725 g/mol. The van der Waals surface area contributed by atoms with Gasteiger partial charge in [-0.1, -0.05) is 18.2 Å². The van der Waals surface area contributed by atoms with Crippen molar-refractivity contribution in [2.75, 3.05) is 11.9 Å². The van der Waals surface area contributed by atoms with Crippen LogP contribution in [-0.4, -0.2) is 28.6 Å². The maximum atomic E-state index is 13.0. The molecule has 10 nitrogen and oxygen atoms in total. The Hall–Kier alpha value is -4.25. The van der Waals surface area contributed by atoms with Crippen molar-refractivity contribution in [2.24, 2.45) is 5.10 Å². The highest BCUT2D eigenvalue weighted by Crippen LogP contribution is 2.35. The summed E-state index contributed by atoms with van der Waals surface area (Å²) in [6, 6.07) is 14.4. The van der Waals surface area contributed by atoms with E-state index < -0.39 is 22.6 Å². The van der Waals surface area contributed by atoms with E-state index in [4.69, 9.17) is 9.47 Å². The van der Waals surface area contributed by atoms with Gasteiger partial charge >= 0.3 is 6.18 Å². The second-order valence-corrected chi connectivity index (χ2v) is 10.8. The number of benzene rings is 3. The number of hydrazone groups is 1. The third-order valence-corrected chi connectivity index (χ3v) is 7.18. The number of hydrogen-bond acceptors (Lipinski definition) is 9. The maximum Gasteiger partial charge on any atom is 0.416 e. The largest absolute Gasteiger partial charge is 0.490 e. The van der Waals surface area contributed by atoms with Crippen LogP contribution in [0.25, 0.3) is 0 Å². The Morgan fingerprint density at radius 3 is 2.70 bits per heavy atom. The zero-order valence-electron chi connectivity index (χ0n) is 22.4. The number of halogens is 4. The van der Waals surface area contributed by atoms with Gasteiger partial charge in [-0.3, -0.25) is 14.9 Å². The van der Waals surface area contributed by atoms with Gasteiger partial charge in [0.2, 0.25) is 5.91 Å². The van der Waals surface area contributed by atoms with Crippen LogP contribution in [0.5, 0.6) is 11.5 Å². The molecule has 0 radical (unpaired) electrons. The van der Waals surface area contributed by atoms with Crippen molar-refractivity contribution in [1.29, 1.82) is 0 Å². The number of nitro groups is 1. The molecule has 0 spiro atoms. The maximum absolute atomic E-state index is 13.0. The Kier molecular flexibility index (Phi) is 10.5. The average molecular weight is 725 g/mol. The quantitative estimate of drug-likeness (QED) is 0.0691. The second-order valence-electron chi connectivity index (χ2n) is 8.80. The van der Waals surface area contributed by atoms with Crippen molar-refractivity contribution < 1.29 is 32.4 Å². The lowest BCUT2D eigenvalue weighted by molar-refractivity contribution is -0.384. The van der Waals surface area contributed by atoms with Crippen molar-refractivity contribution in [3.05, 3.63) is 102 Å². The average Bonchev–Trinajstić information content (AvgIpc) is 3.38. The van der Waals surface area contributed by atoms with Crippen LogP contribution in [0.4, 0.5) is 29.7 Å². The van der Waals surface area contributed by atoms with E-state index in [1.165, 1.54) is 30.5 Å². The highest BCUT2D eigenvalue weighted by molar-refractivity contribution is 14.1. The van der Waals surface area contributed by atoms with Crippen LogP contribution in [0.2, 0.25) is 0 Å². The molecule has 0 atom stereocenters. The van der Waals surface area contributed by atoms with Crippen molar-refractivity contribution in [3.8, 4) is 11.5 Å². The number of non-ortho nitro benzene ring substituents is 1. The number of amides is 1. The van der Waals surface area contributed by atoms with Crippen LogP contribution in [-0.2, 0) is 24.0 Å². The first-order valence-corrected chi connectivity index (χ1v) is 14.5. The summed E-state index contributed by atoms with van der Waals surface area (Å²) in [5, 5.41) is 19.8. The molecule has 4 aromatic rings. The molecule has 0 aliphatic heterocycles. The van der Waals surface area contributed by atoms with E-state index in [1.807, 2.05) is 6.92 Å². The number of nitrogens with zero attached hydrogens (tertiary/aromatic N) is 3. The van der Waals surface area contributed by atoms with Gasteiger partial charge in [-0.05, 0) is 71.0 Å². The Labute approximate surface area is 261 Å². The zero-order valence-corrected chi connectivity index (χ0v) is 25.3. The SMILES string of the molecule is CCOc1cc(/C=N\NC(=O)Cc2csc(Nc3cccc(C(F)(F)F)c3)n2)cc(I)c1OCc1cccc([N+](=O)[O-])c1. The fourth-order valence-corrected chi connectivity index (χ4v) is 5.22. The van der Waals surface area contributed by atoms with E-state index in [0.29, 0.717) is 43.6 Å². The van der Waals surface area contributed by atoms with Crippen LogP contribution < -0.4 is 20.2 Å². The number of carbonyl (C=O) groups excluding carboxylic acids is 1. The fourth-order valence-electron chi connectivity index (χ4n) is 3.71. The predicted molar refractivity (Wildman–Crippen MR) is 164 cm³/mol. The molecular weight excluding hydrogens is 702 g/mol. The Balaban J connectivity index is 1.35. The molecular formula is C28H23F3IN5O5S. The van der Waals surface area contributed by atoms with Gasteiger partial charge in [0.25, 0.3) is 5.69 Å². The zero-order chi connectivity index (χ0) is 31.0. The Morgan fingerprint density at radius 2 is 1.95 bits per heavy atom. The molecule has 1 heterocycles. The van der Waals surface area contributed by atoms with E-state index in [0.717, 1.165) is 23.5 Å². The molecule has 0 saturated heterocycles. The highest BCUT2D eigenvalue weighted by Gasteiger charge is 2.30. The third kappa shape index (κ3) is 9.12. The van der Waals surface area contributed by atoms with Crippen LogP contribution in [0.1, 0.15) is 29.3 Å². The van der Waals surface area contributed by atoms with E-state index in [2.05, 4.69) is 43.4 Å². The summed E-state index contributed by atoms with van der Waals surface area (Å²) in [4.78, 5) is 27.2. The first-order chi connectivity index (χ1) is 20.5. The minimum atomic E-state index is -4.46. The first kappa shape index (κ1) is 31.7. The molecule has 0 aliphatic rings. The van der Waals surface area contributed by atoms with E-state index in [9.17, 15) is 28.1 Å². The van der Waals surface area contributed by atoms with E-state index in [1.54, 1.807) is 29.6 Å². The molecule has 2 N–H and O–H groups in total. The molecule has 15 heteroatoms. The number of ether oxygens (including phenoxy) is 2. The van der Waals surface area contributed by atoms with Crippen molar-refractivity contribution in [1.82, 2.24) is 10.4 Å². The fraction of sp³-hybridized carbons (Fsp3) is 0.179. The Morgan fingerprint density at radius 1 is 1.16 bits per heavy atom. The summed E-state index contributed by atoms with van der Waals surface area (Å²) in [5.74, 6) is 0.466. The summed E-state index contributed by atoms with van der Waals surface area (Å²) in [6.07, 6.45) is -3.11. The molecule has 3 aromatic carbocycles. The summed E-state index contributed by atoms with van der Waals surface area (Å²) < 4.78 is 51.2. The smallest absolute Gasteiger partial charge is 0.416 e. The van der Waals surface area contributed by atoms with Gasteiger partial charge in [0.05, 0.1) is 39.0 Å². The molecule has 224 valence electrons. The van der Waals surface area contributed by atoms with Crippen molar-refractivity contribution in [3.63, 3.8) is 0 Å². The number of nitrogens with one attached hydrogen (secondary N) is 2. The third-order valence-electron chi connectivity index (χ3n) is 5.57. The van der Waals surface area contributed by atoms with E-state index >= 15 is 0 Å². The van der Waals surface area contributed by atoms with Gasteiger partial charge in [-0.2, -0.15) is 18.3 Å². The van der Waals surface area contributed by atoms with Crippen molar-refractivity contribution >= 4 is 62.6 Å². The van der Waals surface area contributed by atoms with Gasteiger partial charge in [0, 0.05) is 23.2 Å². The minimum Gasteiger partial charge on any atom is -0.490 e. The predicted octanol–water partition coefficient (Wildman–Crippen LogP) is 7.09. The number of nitro benzene ring substituents is 1. The van der Waals surface area contributed by atoms with Gasteiger partial charge in [0.1, 0.15) is 6.61 Å². The van der Waals surface area contributed by atoms with Gasteiger partial charge < -0.3 is 14.8 Å². The number of aromatic nitrogens is 1. The molecule has 0 bridgehead atoms. The van der Waals surface area contributed by atoms with Gasteiger partial charge in [-0.15, -0.1) is 11.3 Å². The number of alkyl halides is 3. The van der Waals surface area contributed by atoms with Crippen LogP contribution >= 0.6 is 33.9 Å². The van der Waals surface area contributed by atoms with Gasteiger partial charge in [0.15, 0.2) is 16.6 Å². The summed E-state index contributed by atoms with van der Waals surface area (Å²) >= 11 is 3.23. The molecule has 0 unspecified atom stereocenters. The molecule has 43 heavy (non-hydrogen) atoms. The molecule has 0 aliphatic carbocycles. The molecule has 1 amide bonds. The molecule has 0 saturated carbocycles. The standard InChI is InChI=1S/C28H23F3IN5O5S/c1-2-41-24-11-18(10-23(32)26(24)42-15-17-5-3-8-22(9-17)37(39)40)14-33-36-25(38)13-21-16-43-27(35-21)34-20-7-4-6-19(12-20)28(29,30)31/h3-12,14,16H,2,13,15H2,1H3,(H,34,35)(H,36,38)/b33-14-. The summed E-state index contributed by atoms with van der Waals surface area (Å²) in [7, 11) is 0. The topological polar surface area (TPSA) is 128 Å². The molecule has 4 rings (SSSR count). The second kappa shape index (κ2) is 14.3. The lowest BCUT2D eigenvalue weighted by Gasteiger charge is -2.14. The van der Waals surface area contributed by atoms with E-state index in [-0.39, 0.29) is 24.4 Å². The highest BCUT2D eigenvalue weighted by atomic mass is 127. The minimum absolute atomic E-state index is 0.0311. The number of hydrogen-bond donors (Lipinski definition) is 2.